The van der Waals surface area contributed by atoms with Gasteiger partial charge >= 0.3 is 11.6 Å². The number of aromatic nitrogens is 1. The summed E-state index contributed by atoms with van der Waals surface area (Å²) in [7, 11) is 0. The molecule has 1 N–H and O–H groups in total. The third-order valence-electron chi connectivity index (χ3n) is 2.15. The summed E-state index contributed by atoms with van der Waals surface area (Å²) >= 11 is 1.18. The average Bonchev–Trinajstić information content (AvgIpc) is 2.97. The summed E-state index contributed by atoms with van der Waals surface area (Å²) < 4.78 is 9.22. The summed E-state index contributed by atoms with van der Waals surface area (Å²) in [6.45, 7) is 1.76. The van der Waals surface area contributed by atoms with Crippen molar-refractivity contribution in [1.82, 2.24) is 5.16 Å². The van der Waals surface area contributed by atoms with Gasteiger partial charge in [0.25, 0.3) is 0 Å². The Bertz CT molecular complexity index is 628. The van der Waals surface area contributed by atoms with Crippen LogP contribution < -0.4 is 5.63 Å². The van der Waals surface area contributed by atoms with E-state index in [-0.39, 0.29) is 47.4 Å². The van der Waals surface area contributed by atoms with Gasteiger partial charge in [-0.1, -0.05) is 6.07 Å². The van der Waals surface area contributed by atoms with Gasteiger partial charge in [-0.3, -0.25) is 4.79 Å². The Labute approximate surface area is 134 Å². The summed E-state index contributed by atoms with van der Waals surface area (Å²) in [5.41, 5.74) is -1.45. The van der Waals surface area contributed by atoms with Gasteiger partial charge in [0.15, 0.2) is 5.69 Å². The molecule has 2 aromatic heterocycles. The number of thiophene rings is 1. The smallest absolute Gasteiger partial charge is 0.369 e. The summed E-state index contributed by atoms with van der Waals surface area (Å²) in [6.07, 6.45) is 0. The molecule has 0 atom stereocenters. The van der Waals surface area contributed by atoms with Gasteiger partial charge < -0.3 is 9.26 Å². The van der Waals surface area contributed by atoms with Crippen molar-refractivity contribution in [2.75, 3.05) is 6.61 Å². The number of carbonyl (C=O) groups excluding carboxylic acids is 2. The fourth-order valence-electron chi connectivity index (χ4n) is 1.39. The van der Waals surface area contributed by atoms with E-state index in [1.165, 1.54) is 11.3 Å². The maximum absolute atomic E-state index is 12.0. The van der Waals surface area contributed by atoms with Crippen molar-refractivity contribution in [3.05, 3.63) is 44.1 Å². The Kier molecular flexibility index (Phi) is 5.74. The molecule has 2 aromatic rings. The molecular formula is C11H9NNaO5S. The van der Waals surface area contributed by atoms with Crippen molar-refractivity contribution >= 4 is 52.6 Å². The number of nitrogens with one attached hydrogen (secondary N) is 1. The van der Waals surface area contributed by atoms with Crippen LogP contribution in [0.5, 0.6) is 0 Å². The summed E-state index contributed by atoms with van der Waals surface area (Å²) in [5, 5.41) is 3.82. The molecule has 0 spiro atoms. The molecule has 0 aliphatic carbocycles. The molecule has 6 nitrogen and oxygen atoms in total. The van der Waals surface area contributed by atoms with Gasteiger partial charge in [-0.05, 0) is 18.4 Å². The van der Waals surface area contributed by atoms with E-state index in [0.717, 1.165) is 0 Å². The molecule has 0 amide bonds. The maximum atomic E-state index is 12.0. The Morgan fingerprint density at radius 2 is 2.21 bits per heavy atom. The van der Waals surface area contributed by atoms with Gasteiger partial charge in [-0.15, -0.1) is 11.3 Å². The van der Waals surface area contributed by atoms with Gasteiger partial charge in [0.05, 0.1) is 11.5 Å². The normalized spacial score (nSPS) is 9.74. The first-order valence-electron chi connectivity index (χ1n) is 5.12. The topological polar surface area (TPSA) is 89.4 Å². The van der Waals surface area contributed by atoms with Gasteiger partial charge in [-0.2, -0.15) is 0 Å². The van der Waals surface area contributed by atoms with E-state index in [1.54, 1.807) is 24.4 Å². The van der Waals surface area contributed by atoms with E-state index in [9.17, 15) is 14.4 Å². The van der Waals surface area contributed by atoms with Crippen molar-refractivity contribution < 1.29 is 18.8 Å². The second kappa shape index (κ2) is 6.85. The van der Waals surface area contributed by atoms with Crippen molar-refractivity contribution in [1.29, 1.82) is 0 Å². The Balaban J connectivity index is 0.00000180. The van der Waals surface area contributed by atoms with Crippen LogP contribution in [0.4, 0.5) is 0 Å². The predicted molar refractivity (Wildman–Crippen MR) is 68.8 cm³/mol. The largest absolute Gasteiger partial charge is 0.461 e. The third-order valence-corrected chi connectivity index (χ3v) is 3.02. The molecule has 0 aliphatic rings. The van der Waals surface area contributed by atoms with Crippen LogP contribution in [0.3, 0.4) is 0 Å². The van der Waals surface area contributed by atoms with Crippen LogP contribution in [0, 0.1) is 0 Å². The number of carbonyl (C=O) groups is 2. The minimum atomic E-state index is -0.878. The molecule has 0 fully saturated rings. The molecule has 0 saturated carbocycles. The quantitative estimate of drug-likeness (QED) is 0.516. The molecule has 95 valence electrons. The molecule has 0 aliphatic heterocycles. The molecule has 1 radical (unpaired) electrons. The minimum Gasteiger partial charge on any atom is -0.461 e. The van der Waals surface area contributed by atoms with Crippen LogP contribution >= 0.6 is 11.3 Å². The fraction of sp³-hybridized carbons (Fsp3) is 0.182. The van der Waals surface area contributed by atoms with E-state index in [2.05, 4.69) is 9.68 Å². The number of esters is 1. The van der Waals surface area contributed by atoms with E-state index < -0.39 is 17.4 Å². The van der Waals surface area contributed by atoms with Crippen LogP contribution in [0.2, 0.25) is 0 Å². The first kappa shape index (κ1) is 15.9. The van der Waals surface area contributed by atoms with Crippen LogP contribution in [0.1, 0.15) is 32.6 Å². The molecule has 2 heterocycles. The van der Waals surface area contributed by atoms with E-state index >= 15 is 0 Å². The van der Waals surface area contributed by atoms with Crippen LogP contribution in [0.15, 0.2) is 26.8 Å². The molecule has 0 aromatic carbocycles. The SMILES string of the molecule is CCOC(=O)c1[nH]oc(=O)c1C(=O)c1cccs1.[Na]. The first-order valence-corrected chi connectivity index (χ1v) is 6.00. The number of ketones is 1. The molecule has 0 saturated heterocycles. The monoisotopic (exact) mass is 290 g/mol. The zero-order chi connectivity index (χ0) is 13.1. The molecule has 8 heteroatoms. The Hall–Kier alpha value is -1.15. The third kappa shape index (κ3) is 3.24. The van der Waals surface area contributed by atoms with E-state index in [0.29, 0.717) is 4.88 Å². The molecule has 2 rings (SSSR count). The second-order valence-corrected chi connectivity index (χ2v) is 4.22. The number of hydrogen-bond acceptors (Lipinski definition) is 6. The minimum absolute atomic E-state index is 0. The second-order valence-electron chi connectivity index (χ2n) is 3.27. The van der Waals surface area contributed by atoms with Gasteiger partial charge in [-0.25, -0.2) is 14.7 Å². The summed E-state index contributed by atoms with van der Waals surface area (Å²) in [5.74, 6) is -1.34. The molecular weight excluding hydrogens is 281 g/mol. The van der Waals surface area contributed by atoms with Crippen molar-refractivity contribution in [2.45, 2.75) is 6.92 Å². The van der Waals surface area contributed by atoms with Crippen LogP contribution in [0.25, 0.3) is 0 Å². The predicted octanol–water partition coefficient (Wildman–Crippen LogP) is 1.06. The van der Waals surface area contributed by atoms with Crippen molar-refractivity contribution in [3.63, 3.8) is 0 Å². The van der Waals surface area contributed by atoms with Gasteiger partial charge in [0.2, 0.25) is 5.78 Å². The van der Waals surface area contributed by atoms with Crippen molar-refractivity contribution in [3.8, 4) is 0 Å². The van der Waals surface area contributed by atoms with Crippen LogP contribution in [-0.4, -0.2) is 53.1 Å². The molecule has 19 heavy (non-hydrogen) atoms. The molecule has 0 bridgehead atoms. The van der Waals surface area contributed by atoms with Gasteiger partial charge in [0.1, 0.15) is 5.56 Å². The first-order chi connectivity index (χ1) is 8.65. The number of H-pyrrole nitrogens is 1. The standard InChI is InChI=1S/C11H9NO5S.Na/c1-2-16-11(15)8-7(10(14)17-12-8)9(13)6-4-3-5-18-6;/h3-5,12H,2H2,1H3;. The Morgan fingerprint density at radius 3 is 2.79 bits per heavy atom. The van der Waals surface area contributed by atoms with Crippen molar-refractivity contribution in [2.24, 2.45) is 0 Å². The number of rotatable bonds is 4. The number of ether oxygens (including phenoxy) is 1. The maximum Gasteiger partial charge on any atom is 0.369 e. The van der Waals surface area contributed by atoms with E-state index in [4.69, 9.17) is 4.74 Å². The Morgan fingerprint density at radius 1 is 1.47 bits per heavy atom. The van der Waals surface area contributed by atoms with Gasteiger partial charge in [0, 0.05) is 29.6 Å². The number of hydrogen-bond donors (Lipinski definition) is 1. The number of aromatic amines is 1. The summed E-state index contributed by atoms with van der Waals surface area (Å²) in [6, 6.07) is 3.24. The van der Waals surface area contributed by atoms with Crippen LogP contribution in [-0.2, 0) is 4.74 Å². The zero-order valence-corrected chi connectivity index (χ0v) is 13.2. The fourth-order valence-corrected chi connectivity index (χ4v) is 2.06. The summed E-state index contributed by atoms with van der Waals surface area (Å²) in [4.78, 5) is 35.4. The van der Waals surface area contributed by atoms with E-state index in [1.807, 2.05) is 0 Å². The molecule has 0 unspecified atom stereocenters. The average molecular weight is 290 g/mol. The zero-order valence-electron chi connectivity index (χ0n) is 10.4.